The summed E-state index contributed by atoms with van der Waals surface area (Å²) in [7, 11) is -4.09. The first-order chi connectivity index (χ1) is 15.8. The highest BCUT2D eigenvalue weighted by Crippen LogP contribution is 2.21. The molecule has 1 aromatic heterocycles. The SMILES string of the molecule is CCN(CC)S(=O)(=O)c1cc(C(=O)NCC(=O)Nc2ccc(-n3cccn3)cc2)ccc1F. The maximum absolute atomic E-state index is 14.2. The largest absolute Gasteiger partial charge is 0.343 e. The lowest BCUT2D eigenvalue weighted by Crippen LogP contribution is -2.34. The third-order valence-corrected chi connectivity index (χ3v) is 6.91. The highest BCUT2D eigenvalue weighted by molar-refractivity contribution is 7.89. The van der Waals surface area contributed by atoms with Gasteiger partial charge < -0.3 is 10.6 Å². The first-order valence-electron chi connectivity index (χ1n) is 10.2. The van der Waals surface area contributed by atoms with E-state index in [0.29, 0.717) is 5.69 Å². The van der Waals surface area contributed by atoms with Gasteiger partial charge in [0.05, 0.1) is 12.2 Å². The van der Waals surface area contributed by atoms with Gasteiger partial charge in [0, 0.05) is 36.7 Å². The van der Waals surface area contributed by atoms with Gasteiger partial charge in [0.1, 0.15) is 10.7 Å². The Morgan fingerprint density at radius 2 is 1.79 bits per heavy atom. The van der Waals surface area contributed by atoms with E-state index >= 15 is 0 Å². The van der Waals surface area contributed by atoms with E-state index in [0.717, 1.165) is 28.2 Å². The Hall–Kier alpha value is -3.57. The summed E-state index contributed by atoms with van der Waals surface area (Å²) in [5.41, 5.74) is 1.27. The van der Waals surface area contributed by atoms with Crippen LogP contribution in [0.2, 0.25) is 0 Å². The summed E-state index contributed by atoms with van der Waals surface area (Å²) in [6.45, 7) is 3.25. The molecule has 3 aromatic rings. The Kier molecular flexibility index (Phi) is 7.56. The monoisotopic (exact) mass is 473 g/mol. The van der Waals surface area contributed by atoms with Crippen LogP contribution in [0, 0.1) is 5.82 Å². The smallest absolute Gasteiger partial charge is 0.251 e. The number of halogens is 1. The highest BCUT2D eigenvalue weighted by atomic mass is 32.2. The van der Waals surface area contributed by atoms with Crippen LogP contribution in [0.15, 0.2) is 65.8 Å². The summed E-state index contributed by atoms with van der Waals surface area (Å²) in [5.74, 6) is -2.13. The van der Waals surface area contributed by atoms with E-state index < -0.39 is 32.6 Å². The summed E-state index contributed by atoms with van der Waals surface area (Å²) in [5, 5.41) is 9.18. The van der Waals surface area contributed by atoms with Crippen molar-refractivity contribution in [1.29, 1.82) is 0 Å². The number of amides is 2. The second kappa shape index (κ2) is 10.4. The molecule has 0 saturated heterocycles. The summed E-state index contributed by atoms with van der Waals surface area (Å²) >= 11 is 0. The lowest BCUT2D eigenvalue weighted by molar-refractivity contribution is -0.115. The van der Waals surface area contributed by atoms with Gasteiger partial charge in [0.25, 0.3) is 5.91 Å². The van der Waals surface area contributed by atoms with Crippen molar-refractivity contribution < 1.29 is 22.4 Å². The van der Waals surface area contributed by atoms with Gasteiger partial charge in [-0.2, -0.15) is 9.40 Å². The van der Waals surface area contributed by atoms with E-state index in [1.54, 1.807) is 61.3 Å². The fraction of sp³-hybridized carbons (Fsp3) is 0.227. The van der Waals surface area contributed by atoms with Gasteiger partial charge in [0.2, 0.25) is 15.9 Å². The Morgan fingerprint density at radius 1 is 1.09 bits per heavy atom. The first-order valence-corrected chi connectivity index (χ1v) is 11.7. The van der Waals surface area contributed by atoms with Crippen molar-refractivity contribution in [3.05, 3.63) is 72.3 Å². The second-order valence-corrected chi connectivity index (χ2v) is 8.87. The molecule has 0 aliphatic heterocycles. The van der Waals surface area contributed by atoms with Crippen molar-refractivity contribution in [2.24, 2.45) is 0 Å². The van der Waals surface area contributed by atoms with Crippen LogP contribution in [-0.4, -0.2) is 54.0 Å². The number of benzene rings is 2. The molecule has 0 radical (unpaired) electrons. The van der Waals surface area contributed by atoms with E-state index in [1.165, 1.54) is 0 Å². The number of sulfonamides is 1. The molecule has 2 aromatic carbocycles. The Bertz CT molecular complexity index is 1220. The van der Waals surface area contributed by atoms with E-state index in [4.69, 9.17) is 0 Å². The minimum Gasteiger partial charge on any atom is -0.343 e. The molecule has 174 valence electrons. The predicted molar refractivity (Wildman–Crippen MR) is 121 cm³/mol. The van der Waals surface area contributed by atoms with E-state index in [1.807, 2.05) is 0 Å². The van der Waals surface area contributed by atoms with Crippen LogP contribution >= 0.6 is 0 Å². The lowest BCUT2D eigenvalue weighted by atomic mass is 10.2. The number of nitrogens with zero attached hydrogens (tertiary/aromatic N) is 3. The van der Waals surface area contributed by atoms with Crippen LogP contribution in [0.25, 0.3) is 5.69 Å². The van der Waals surface area contributed by atoms with Crippen LogP contribution in [0.1, 0.15) is 24.2 Å². The fourth-order valence-corrected chi connectivity index (χ4v) is 4.68. The van der Waals surface area contributed by atoms with Gasteiger partial charge in [-0.05, 0) is 48.5 Å². The fourth-order valence-electron chi connectivity index (χ4n) is 3.13. The molecule has 0 saturated carbocycles. The first kappa shape index (κ1) is 24.1. The second-order valence-electron chi connectivity index (χ2n) is 6.96. The molecular formula is C22H24FN5O4S. The van der Waals surface area contributed by atoms with Gasteiger partial charge in [-0.1, -0.05) is 13.8 Å². The Labute approximate surface area is 191 Å². The molecule has 33 heavy (non-hydrogen) atoms. The number of aromatic nitrogens is 2. The number of nitrogens with one attached hydrogen (secondary N) is 2. The zero-order valence-corrected chi connectivity index (χ0v) is 19.0. The van der Waals surface area contributed by atoms with Gasteiger partial charge >= 0.3 is 0 Å². The average Bonchev–Trinajstić information content (AvgIpc) is 3.34. The number of anilines is 1. The van der Waals surface area contributed by atoms with Crippen molar-refractivity contribution in [2.75, 3.05) is 25.0 Å². The summed E-state index contributed by atoms with van der Waals surface area (Å²) in [6, 6.07) is 11.8. The molecule has 11 heteroatoms. The van der Waals surface area contributed by atoms with E-state index in [2.05, 4.69) is 15.7 Å². The van der Waals surface area contributed by atoms with Crippen LogP contribution < -0.4 is 10.6 Å². The third kappa shape index (κ3) is 5.62. The van der Waals surface area contributed by atoms with E-state index in [9.17, 15) is 22.4 Å². The minimum absolute atomic E-state index is 0.0708. The van der Waals surface area contributed by atoms with Crippen LogP contribution in [0.4, 0.5) is 10.1 Å². The molecule has 0 aliphatic carbocycles. The molecule has 9 nitrogen and oxygen atoms in total. The van der Waals surface area contributed by atoms with Crippen molar-refractivity contribution in [3.63, 3.8) is 0 Å². The zero-order chi connectivity index (χ0) is 24.0. The van der Waals surface area contributed by atoms with E-state index in [-0.39, 0.29) is 25.2 Å². The molecular weight excluding hydrogens is 449 g/mol. The quantitative estimate of drug-likeness (QED) is 0.496. The molecule has 0 spiro atoms. The lowest BCUT2D eigenvalue weighted by Gasteiger charge is -2.19. The number of carbonyl (C=O) groups excluding carboxylic acids is 2. The topological polar surface area (TPSA) is 113 Å². The van der Waals surface area contributed by atoms with Gasteiger partial charge in [0.15, 0.2) is 0 Å². The average molecular weight is 474 g/mol. The zero-order valence-electron chi connectivity index (χ0n) is 18.2. The molecule has 2 amide bonds. The molecule has 0 fully saturated rings. The normalized spacial score (nSPS) is 11.4. The van der Waals surface area contributed by atoms with Gasteiger partial charge in [-0.25, -0.2) is 17.5 Å². The van der Waals surface area contributed by atoms with Crippen LogP contribution in [0.3, 0.4) is 0 Å². The standard InChI is InChI=1S/C22H24FN5O4S/c1-3-27(4-2)33(31,32)20-14-16(6-11-19(20)23)22(30)24-15-21(29)26-17-7-9-18(10-8-17)28-13-5-12-25-28/h5-14H,3-4,15H2,1-2H3,(H,24,30)(H,26,29). The van der Waals surface area contributed by atoms with Crippen molar-refractivity contribution in [1.82, 2.24) is 19.4 Å². The predicted octanol–water partition coefficient (Wildman–Crippen LogP) is 2.41. The molecule has 1 heterocycles. The van der Waals surface area contributed by atoms with Crippen molar-refractivity contribution in [2.45, 2.75) is 18.7 Å². The third-order valence-electron chi connectivity index (χ3n) is 4.85. The molecule has 2 N–H and O–H groups in total. The maximum atomic E-state index is 14.2. The van der Waals surface area contributed by atoms with Gasteiger partial charge in [-0.3, -0.25) is 9.59 Å². The van der Waals surface area contributed by atoms with Crippen molar-refractivity contribution in [3.8, 4) is 5.69 Å². The number of carbonyl (C=O) groups is 2. The number of rotatable bonds is 9. The molecule has 0 atom stereocenters. The number of hydrogen-bond donors (Lipinski definition) is 2. The Balaban J connectivity index is 1.63. The minimum atomic E-state index is -4.09. The van der Waals surface area contributed by atoms with Crippen LogP contribution in [0.5, 0.6) is 0 Å². The summed E-state index contributed by atoms with van der Waals surface area (Å²) in [6.07, 6.45) is 3.44. The summed E-state index contributed by atoms with van der Waals surface area (Å²) < 4.78 is 42.3. The maximum Gasteiger partial charge on any atom is 0.251 e. The molecule has 3 rings (SSSR count). The Morgan fingerprint density at radius 3 is 2.39 bits per heavy atom. The highest BCUT2D eigenvalue weighted by Gasteiger charge is 2.26. The molecule has 0 bridgehead atoms. The summed E-state index contributed by atoms with van der Waals surface area (Å²) in [4.78, 5) is 24.1. The molecule has 0 unspecified atom stereocenters. The van der Waals surface area contributed by atoms with Crippen molar-refractivity contribution >= 4 is 27.5 Å². The number of hydrogen-bond acceptors (Lipinski definition) is 5. The molecule has 0 aliphatic rings. The van der Waals surface area contributed by atoms with Gasteiger partial charge in [-0.15, -0.1) is 0 Å². The van der Waals surface area contributed by atoms with Crippen LogP contribution in [-0.2, 0) is 14.8 Å².